The van der Waals surface area contributed by atoms with Crippen molar-refractivity contribution >= 4 is 8.53 Å². The summed E-state index contributed by atoms with van der Waals surface area (Å²) in [5.41, 5.74) is 5.54. The van der Waals surface area contributed by atoms with Gasteiger partial charge in [-0.25, -0.2) is 0 Å². The maximum atomic E-state index is 5.54. The van der Waals surface area contributed by atoms with Crippen LogP contribution in [0, 0.1) is 0 Å². The highest BCUT2D eigenvalue weighted by atomic mass is 31.2. The number of hydrogen-bond acceptors (Lipinski definition) is 5. The second-order valence-electron chi connectivity index (χ2n) is 3.23. The zero-order valence-electron chi connectivity index (χ0n) is 9.43. The molecule has 0 unspecified atom stereocenters. The molecule has 2 N–H and O–H groups in total. The lowest BCUT2D eigenvalue weighted by Crippen LogP contribution is -2.04. The highest BCUT2D eigenvalue weighted by molar-refractivity contribution is 7.44. The molecule has 0 radical (unpaired) electrons. The molecule has 0 aliphatic carbocycles. The van der Waals surface area contributed by atoms with Gasteiger partial charge in [0.15, 0.2) is 11.5 Å². The molecule has 0 fully saturated rings. The van der Waals surface area contributed by atoms with E-state index in [1.165, 1.54) is 0 Å². The van der Waals surface area contributed by atoms with Gasteiger partial charge in [-0.05, 0) is 24.3 Å². The molecule has 94 valence electrons. The van der Waals surface area contributed by atoms with Crippen molar-refractivity contribution < 1.29 is 19.1 Å². The number of nitrogens with two attached hydrogens (primary N) is 1. The topological polar surface area (TPSA) is 62.9 Å². The van der Waals surface area contributed by atoms with Gasteiger partial charge in [0.25, 0.3) is 0 Å². The summed E-state index contributed by atoms with van der Waals surface area (Å²) >= 11 is 0. The summed E-state index contributed by atoms with van der Waals surface area (Å²) in [7, 11) is -1.77. The minimum absolute atomic E-state index is 0.541. The van der Waals surface area contributed by atoms with Gasteiger partial charge < -0.3 is 9.78 Å². The van der Waals surface area contributed by atoms with E-state index >= 15 is 0 Å². The van der Waals surface area contributed by atoms with Crippen molar-refractivity contribution in [2.24, 2.45) is 5.50 Å². The molecule has 0 bridgehead atoms. The number of rotatable bonds is 6. The fourth-order valence-electron chi connectivity index (χ4n) is 1.12. The van der Waals surface area contributed by atoms with Crippen LogP contribution < -0.4 is 15.3 Å². The molecule has 0 aliphatic rings. The van der Waals surface area contributed by atoms with Gasteiger partial charge in [0.05, 0.1) is 0 Å². The summed E-state index contributed by atoms with van der Waals surface area (Å²) < 4.78 is 9.69. The van der Waals surface area contributed by atoms with Crippen molar-refractivity contribution in [3.05, 3.63) is 60.7 Å². The van der Waals surface area contributed by atoms with Crippen LogP contribution in [0.2, 0.25) is 0 Å². The molecule has 0 saturated heterocycles. The van der Waals surface area contributed by atoms with E-state index < -0.39 is 8.53 Å². The molecule has 6 heteroatoms. The van der Waals surface area contributed by atoms with Crippen molar-refractivity contribution in [2.45, 2.75) is 0 Å². The standard InChI is InChI=1S/C12H12NO4P/c13-18(16-14-11-7-3-1-4-8-11)17-15-12-9-5-2-6-10-12/h1-10H,13H2. The Hall–Kier alpha value is -1.65. The Morgan fingerprint density at radius 1 is 0.667 bits per heavy atom. The van der Waals surface area contributed by atoms with Gasteiger partial charge in [-0.1, -0.05) is 36.4 Å². The molecule has 2 rings (SSSR count). The Balaban J connectivity index is 1.71. The minimum Gasteiger partial charge on any atom is -0.330 e. The quantitative estimate of drug-likeness (QED) is 0.493. The Kier molecular flexibility index (Phi) is 4.93. The number of para-hydroxylation sites is 2. The van der Waals surface area contributed by atoms with Crippen LogP contribution >= 0.6 is 8.53 Å². The second kappa shape index (κ2) is 6.93. The van der Waals surface area contributed by atoms with E-state index in [-0.39, 0.29) is 0 Å². The molecule has 0 aromatic heterocycles. The first-order valence-corrected chi connectivity index (χ1v) is 6.43. The summed E-state index contributed by atoms with van der Waals surface area (Å²) in [6, 6.07) is 18.0. The summed E-state index contributed by atoms with van der Waals surface area (Å²) in [6.45, 7) is 0. The summed E-state index contributed by atoms with van der Waals surface area (Å²) in [5.74, 6) is 1.08. The van der Waals surface area contributed by atoms with Crippen molar-refractivity contribution in [3.8, 4) is 11.5 Å². The van der Waals surface area contributed by atoms with Crippen LogP contribution in [0.5, 0.6) is 11.5 Å². The SMILES string of the molecule is NP(OOc1ccccc1)OOc1ccccc1. The van der Waals surface area contributed by atoms with Crippen molar-refractivity contribution in [1.82, 2.24) is 0 Å². The Labute approximate surface area is 106 Å². The average molecular weight is 265 g/mol. The lowest BCUT2D eigenvalue weighted by atomic mass is 10.3. The van der Waals surface area contributed by atoms with Gasteiger partial charge in [-0.3, -0.25) is 5.50 Å². The van der Waals surface area contributed by atoms with E-state index in [1.54, 1.807) is 24.3 Å². The van der Waals surface area contributed by atoms with Crippen LogP contribution in [-0.4, -0.2) is 0 Å². The van der Waals surface area contributed by atoms with E-state index in [9.17, 15) is 0 Å². The second-order valence-corrected chi connectivity index (χ2v) is 4.10. The molecule has 18 heavy (non-hydrogen) atoms. The summed E-state index contributed by atoms with van der Waals surface area (Å²) in [5, 5.41) is 0. The monoisotopic (exact) mass is 265 g/mol. The summed E-state index contributed by atoms with van der Waals surface area (Å²) in [4.78, 5) is 9.91. The number of benzene rings is 2. The molecule has 0 saturated carbocycles. The summed E-state index contributed by atoms with van der Waals surface area (Å²) in [6.07, 6.45) is 0. The van der Waals surface area contributed by atoms with Gasteiger partial charge in [0.1, 0.15) is 0 Å². The molecule has 0 heterocycles. The van der Waals surface area contributed by atoms with Gasteiger partial charge in [0, 0.05) is 0 Å². The Bertz CT molecular complexity index is 411. The van der Waals surface area contributed by atoms with Crippen LogP contribution in [0.4, 0.5) is 0 Å². The average Bonchev–Trinajstić information content (AvgIpc) is 2.45. The zero-order chi connectivity index (χ0) is 12.6. The fourth-order valence-corrected chi connectivity index (χ4v) is 1.47. The molecule has 0 amide bonds. The van der Waals surface area contributed by atoms with Crippen LogP contribution in [0.1, 0.15) is 0 Å². The largest absolute Gasteiger partial charge is 0.345 e. The molecular weight excluding hydrogens is 253 g/mol. The lowest BCUT2D eigenvalue weighted by Gasteiger charge is -2.10. The maximum absolute atomic E-state index is 5.54. The first kappa shape index (κ1) is 12.8. The molecule has 0 spiro atoms. The van der Waals surface area contributed by atoms with Crippen molar-refractivity contribution in [3.63, 3.8) is 0 Å². The van der Waals surface area contributed by atoms with Crippen LogP contribution in [-0.2, 0) is 9.35 Å². The molecule has 0 aliphatic heterocycles. The fraction of sp³-hybridized carbons (Fsp3) is 0. The first-order chi connectivity index (χ1) is 8.84. The highest BCUT2D eigenvalue weighted by Gasteiger charge is 2.09. The highest BCUT2D eigenvalue weighted by Crippen LogP contribution is 2.30. The third-order valence-corrected chi connectivity index (χ3v) is 2.34. The van der Waals surface area contributed by atoms with Crippen LogP contribution in [0.25, 0.3) is 0 Å². The Morgan fingerprint density at radius 3 is 1.44 bits per heavy atom. The van der Waals surface area contributed by atoms with Crippen LogP contribution in [0.3, 0.4) is 0 Å². The zero-order valence-corrected chi connectivity index (χ0v) is 10.3. The van der Waals surface area contributed by atoms with Gasteiger partial charge >= 0.3 is 8.53 Å². The van der Waals surface area contributed by atoms with Crippen molar-refractivity contribution in [2.75, 3.05) is 0 Å². The maximum Gasteiger partial charge on any atom is 0.345 e. The van der Waals surface area contributed by atoms with Crippen molar-refractivity contribution in [1.29, 1.82) is 0 Å². The minimum atomic E-state index is -1.77. The molecule has 2 aromatic carbocycles. The van der Waals surface area contributed by atoms with E-state index in [2.05, 4.69) is 0 Å². The third kappa shape index (κ3) is 4.31. The predicted octanol–water partition coefficient (Wildman–Crippen LogP) is 3.19. The van der Waals surface area contributed by atoms with E-state index in [4.69, 9.17) is 24.6 Å². The Morgan fingerprint density at radius 2 is 1.06 bits per heavy atom. The lowest BCUT2D eigenvalue weighted by molar-refractivity contribution is -0.156. The van der Waals surface area contributed by atoms with E-state index in [0.717, 1.165) is 0 Å². The van der Waals surface area contributed by atoms with Gasteiger partial charge in [-0.15, -0.1) is 9.35 Å². The van der Waals surface area contributed by atoms with Crippen LogP contribution in [0.15, 0.2) is 60.7 Å². The van der Waals surface area contributed by atoms with E-state index in [0.29, 0.717) is 11.5 Å². The van der Waals surface area contributed by atoms with E-state index in [1.807, 2.05) is 36.4 Å². The molecule has 0 atom stereocenters. The third-order valence-electron chi connectivity index (χ3n) is 1.90. The number of hydrogen-bond donors (Lipinski definition) is 1. The predicted molar refractivity (Wildman–Crippen MR) is 67.4 cm³/mol. The van der Waals surface area contributed by atoms with Gasteiger partial charge in [-0.2, -0.15) is 0 Å². The molecule has 5 nitrogen and oxygen atoms in total. The van der Waals surface area contributed by atoms with Gasteiger partial charge in [0.2, 0.25) is 0 Å². The first-order valence-electron chi connectivity index (χ1n) is 5.19. The normalized spacial score (nSPS) is 10.3. The molecular formula is C12H12NO4P. The molecule has 2 aromatic rings. The smallest absolute Gasteiger partial charge is 0.330 e.